The third kappa shape index (κ3) is 3.41. The van der Waals surface area contributed by atoms with Crippen molar-refractivity contribution >= 4 is 33.3 Å². The number of para-hydroxylation sites is 1. The molecule has 146 valence electrons. The first kappa shape index (κ1) is 17.7. The fourth-order valence-corrected chi connectivity index (χ4v) is 5.47. The lowest BCUT2D eigenvalue weighted by Gasteiger charge is -2.26. The molecular formula is C22H26N4OS. The van der Waals surface area contributed by atoms with E-state index < -0.39 is 0 Å². The molecule has 0 unspecified atom stereocenters. The molecule has 0 radical (unpaired) electrons. The minimum atomic E-state index is 0.0750. The van der Waals surface area contributed by atoms with E-state index in [9.17, 15) is 4.79 Å². The quantitative estimate of drug-likeness (QED) is 0.670. The molecule has 1 aliphatic heterocycles. The SMILES string of the molecule is CC1CCC(Nc2nc3c(s2)CN(C(=O)c2cc4ccccc4[nH]2)CC3)CC1. The number of nitrogens with zero attached hydrogens (tertiary/aromatic N) is 2. The Kier molecular flexibility index (Phi) is 4.59. The predicted molar refractivity (Wildman–Crippen MR) is 114 cm³/mol. The van der Waals surface area contributed by atoms with E-state index >= 15 is 0 Å². The molecule has 2 N–H and O–H groups in total. The highest BCUT2D eigenvalue weighted by molar-refractivity contribution is 7.15. The van der Waals surface area contributed by atoms with Gasteiger partial charge in [-0.2, -0.15) is 0 Å². The first-order valence-electron chi connectivity index (χ1n) is 10.3. The summed E-state index contributed by atoms with van der Waals surface area (Å²) in [6, 6.07) is 10.5. The van der Waals surface area contributed by atoms with E-state index in [-0.39, 0.29) is 5.91 Å². The summed E-state index contributed by atoms with van der Waals surface area (Å²) in [4.78, 5) is 24.3. The van der Waals surface area contributed by atoms with Gasteiger partial charge in [0.15, 0.2) is 5.13 Å². The van der Waals surface area contributed by atoms with Crippen LogP contribution < -0.4 is 5.32 Å². The summed E-state index contributed by atoms with van der Waals surface area (Å²) in [7, 11) is 0. The van der Waals surface area contributed by atoms with Crippen LogP contribution in [-0.4, -0.2) is 33.4 Å². The van der Waals surface area contributed by atoms with Crippen LogP contribution in [0.15, 0.2) is 30.3 Å². The molecule has 1 aromatic carbocycles. The van der Waals surface area contributed by atoms with Crippen LogP contribution in [0, 0.1) is 5.92 Å². The van der Waals surface area contributed by atoms with E-state index in [1.165, 1.54) is 30.6 Å². The second-order valence-electron chi connectivity index (χ2n) is 8.24. The zero-order valence-corrected chi connectivity index (χ0v) is 17.0. The van der Waals surface area contributed by atoms with Crippen molar-refractivity contribution in [2.75, 3.05) is 11.9 Å². The lowest BCUT2D eigenvalue weighted by molar-refractivity contribution is 0.0731. The molecule has 2 aromatic heterocycles. The number of hydrogen-bond donors (Lipinski definition) is 2. The monoisotopic (exact) mass is 394 g/mol. The summed E-state index contributed by atoms with van der Waals surface area (Å²) in [5, 5.41) is 5.76. The minimum absolute atomic E-state index is 0.0750. The molecule has 1 saturated carbocycles. The van der Waals surface area contributed by atoms with Crippen LogP contribution in [0.1, 0.15) is 53.7 Å². The Hall–Kier alpha value is -2.34. The highest BCUT2D eigenvalue weighted by Gasteiger charge is 2.27. The molecule has 0 spiro atoms. The summed E-state index contributed by atoms with van der Waals surface area (Å²) in [5.41, 5.74) is 2.84. The number of amides is 1. The number of H-pyrrole nitrogens is 1. The van der Waals surface area contributed by atoms with Gasteiger partial charge >= 0.3 is 0 Å². The smallest absolute Gasteiger partial charge is 0.270 e. The number of aromatic nitrogens is 2. The van der Waals surface area contributed by atoms with Gasteiger partial charge in [-0.05, 0) is 43.7 Å². The average molecular weight is 395 g/mol. The molecule has 2 aliphatic rings. The maximum atomic E-state index is 13.0. The van der Waals surface area contributed by atoms with Crippen LogP contribution in [-0.2, 0) is 13.0 Å². The maximum absolute atomic E-state index is 13.0. The molecule has 0 saturated heterocycles. The van der Waals surface area contributed by atoms with Crippen molar-refractivity contribution in [3.05, 3.63) is 46.6 Å². The number of carbonyl (C=O) groups excluding carboxylic acids is 1. The normalized spacial score (nSPS) is 22.2. The van der Waals surface area contributed by atoms with Crippen LogP contribution in [0.25, 0.3) is 10.9 Å². The van der Waals surface area contributed by atoms with Crippen LogP contribution in [0.2, 0.25) is 0 Å². The zero-order chi connectivity index (χ0) is 19.1. The van der Waals surface area contributed by atoms with Crippen LogP contribution >= 0.6 is 11.3 Å². The van der Waals surface area contributed by atoms with Crippen molar-refractivity contribution in [2.24, 2.45) is 5.92 Å². The van der Waals surface area contributed by atoms with E-state index in [1.807, 2.05) is 35.2 Å². The Morgan fingerprint density at radius 3 is 2.89 bits per heavy atom. The molecular weight excluding hydrogens is 368 g/mol. The van der Waals surface area contributed by atoms with Gasteiger partial charge < -0.3 is 15.2 Å². The first-order chi connectivity index (χ1) is 13.7. The molecule has 0 bridgehead atoms. The molecule has 1 aliphatic carbocycles. The molecule has 3 aromatic rings. The maximum Gasteiger partial charge on any atom is 0.270 e. The Balaban J connectivity index is 1.28. The first-order valence-corrected chi connectivity index (χ1v) is 11.1. The van der Waals surface area contributed by atoms with Gasteiger partial charge in [0.2, 0.25) is 0 Å². The molecule has 6 heteroatoms. The fourth-order valence-electron chi connectivity index (χ4n) is 4.37. The molecule has 1 fully saturated rings. The van der Waals surface area contributed by atoms with Crippen molar-refractivity contribution in [3.63, 3.8) is 0 Å². The van der Waals surface area contributed by atoms with Crippen molar-refractivity contribution in [2.45, 2.75) is 51.6 Å². The zero-order valence-electron chi connectivity index (χ0n) is 16.2. The number of fused-ring (bicyclic) bond motifs is 2. The molecule has 5 nitrogen and oxygen atoms in total. The second kappa shape index (κ2) is 7.24. The van der Waals surface area contributed by atoms with E-state index in [4.69, 9.17) is 4.98 Å². The van der Waals surface area contributed by atoms with Gasteiger partial charge in [-0.15, -0.1) is 0 Å². The molecule has 28 heavy (non-hydrogen) atoms. The number of anilines is 1. The third-order valence-electron chi connectivity index (χ3n) is 6.12. The van der Waals surface area contributed by atoms with Gasteiger partial charge in [-0.3, -0.25) is 4.79 Å². The molecule has 1 amide bonds. The van der Waals surface area contributed by atoms with Crippen LogP contribution in [0.5, 0.6) is 0 Å². The van der Waals surface area contributed by atoms with Crippen molar-refractivity contribution in [1.29, 1.82) is 0 Å². The van der Waals surface area contributed by atoms with Gasteiger partial charge in [0.25, 0.3) is 5.91 Å². The summed E-state index contributed by atoms with van der Waals surface area (Å²) in [6.07, 6.45) is 5.90. The van der Waals surface area contributed by atoms with Crippen LogP contribution in [0.3, 0.4) is 0 Å². The number of rotatable bonds is 3. The van der Waals surface area contributed by atoms with E-state index in [0.29, 0.717) is 18.3 Å². The third-order valence-corrected chi connectivity index (χ3v) is 7.14. The Labute approximate surface area is 169 Å². The van der Waals surface area contributed by atoms with Crippen molar-refractivity contribution in [3.8, 4) is 0 Å². The molecule has 0 atom stereocenters. The van der Waals surface area contributed by atoms with E-state index in [1.54, 1.807) is 11.3 Å². The summed E-state index contributed by atoms with van der Waals surface area (Å²) in [6.45, 7) is 3.73. The number of nitrogens with one attached hydrogen (secondary N) is 2. The largest absolute Gasteiger partial charge is 0.359 e. The topological polar surface area (TPSA) is 61.0 Å². The summed E-state index contributed by atoms with van der Waals surface area (Å²) in [5.74, 6) is 0.929. The lowest BCUT2D eigenvalue weighted by atomic mass is 9.87. The standard InChI is InChI=1S/C22H26N4OS/c1-14-6-8-16(9-7-14)23-22-25-18-10-11-26(13-20(18)28-22)21(27)19-12-15-4-2-3-5-17(15)24-19/h2-5,12,14,16,24H,6-11,13H2,1H3,(H,23,25). The van der Waals surface area contributed by atoms with Gasteiger partial charge in [0, 0.05) is 34.8 Å². The van der Waals surface area contributed by atoms with Gasteiger partial charge in [-0.25, -0.2) is 4.98 Å². The van der Waals surface area contributed by atoms with Gasteiger partial charge in [-0.1, -0.05) is 36.5 Å². The number of aromatic amines is 1. The van der Waals surface area contributed by atoms with Crippen molar-refractivity contribution < 1.29 is 4.79 Å². The number of carbonyl (C=O) groups is 1. The Bertz CT molecular complexity index is 966. The van der Waals surface area contributed by atoms with Crippen LogP contribution in [0.4, 0.5) is 5.13 Å². The van der Waals surface area contributed by atoms with Gasteiger partial charge in [0.1, 0.15) is 5.69 Å². The Morgan fingerprint density at radius 2 is 2.07 bits per heavy atom. The summed E-state index contributed by atoms with van der Waals surface area (Å²) >= 11 is 1.72. The number of benzene rings is 1. The minimum Gasteiger partial charge on any atom is -0.359 e. The summed E-state index contributed by atoms with van der Waals surface area (Å²) < 4.78 is 0. The molecule has 5 rings (SSSR count). The second-order valence-corrected chi connectivity index (χ2v) is 9.32. The Morgan fingerprint density at radius 1 is 1.25 bits per heavy atom. The lowest BCUT2D eigenvalue weighted by Crippen LogP contribution is -2.35. The van der Waals surface area contributed by atoms with E-state index in [2.05, 4.69) is 17.2 Å². The number of hydrogen-bond acceptors (Lipinski definition) is 4. The van der Waals surface area contributed by atoms with Gasteiger partial charge in [0.05, 0.1) is 12.2 Å². The predicted octanol–water partition coefficient (Wildman–Crippen LogP) is 4.81. The van der Waals surface area contributed by atoms with Crippen molar-refractivity contribution in [1.82, 2.24) is 14.9 Å². The highest BCUT2D eigenvalue weighted by Crippen LogP contribution is 2.32. The molecule has 3 heterocycles. The highest BCUT2D eigenvalue weighted by atomic mass is 32.1. The number of thiazole rings is 1. The van der Waals surface area contributed by atoms with E-state index in [0.717, 1.165) is 40.6 Å². The fraction of sp³-hybridized carbons (Fsp3) is 0.455. The average Bonchev–Trinajstić information content (AvgIpc) is 3.32.